The summed E-state index contributed by atoms with van der Waals surface area (Å²) in [4.78, 5) is 16.2. The monoisotopic (exact) mass is 471 g/mol. The fourth-order valence-electron chi connectivity index (χ4n) is 4.44. The van der Waals surface area contributed by atoms with Gasteiger partial charge in [-0.05, 0) is 55.0 Å². The Morgan fingerprint density at radius 3 is 2.39 bits per heavy atom. The number of aliphatic hydroxyl groups excluding tert-OH is 1. The van der Waals surface area contributed by atoms with Crippen molar-refractivity contribution >= 4 is 11.4 Å². The molecule has 2 aliphatic rings. The number of fused-ring (bicyclic) bond motifs is 2. The van der Waals surface area contributed by atoms with Gasteiger partial charge in [0.15, 0.2) is 5.78 Å². The highest BCUT2D eigenvalue weighted by atomic mass is 19.4. The number of aryl methyl sites for hydroxylation is 1. The van der Waals surface area contributed by atoms with Gasteiger partial charge >= 0.3 is 12.4 Å². The van der Waals surface area contributed by atoms with Crippen LogP contribution in [0, 0.1) is 11.8 Å². The fraction of sp³-hybridized carbons (Fsp3) is 0.391. The number of carbonyl (C=O) groups excluding carboxylic acids is 1. The van der Waals surface area contributed by atoms with Gasteiger partial charge in [0.25, 0.3) is 0 Å². The van der Waals surface area contributed by atoms with Crippen LogP contribution in [0.4, 0.5) is 26.3 Å². The van der Waals surface area contributed by atoms with Crippen molar-refractivity contribution in [3.8, 4) is 11.6 Å². The van der Waals surface area contributed by atoms with Crippen molar-refractivity contribution in [2.45, 2.75) is 45.0 Å². The number of aliphatic hydroxyl groups is 1. The zero-order valence-corrected chi connectivity index (χ0v) is 17.3. The number of nitrogens with zero attached hydrogens (tertiary/aromatic N) is 1. The Kier molecular flexibility index (Phi) is 5.66. The minimum absolute atomic E-state index is 0.0377. The first-order chi connectivity index (χ1) is 15.4. The van der Waals surface area contributed by atoms with Crippen LogP contribution in [0.5, 0.6) is 11.6 Å². The van der Waals surface area contributed by atoms with Crippen LogP contribution < -0.4 is 4.74 Å². The number of carbonyl (C=O) groups is 1. The van der Waals surface area contributed by atoms with Crippen molar-refractivity contribution in [2.75, 3.05) is 0 Å². The molecule has 10 heteroatoms. The number of Topliss-reactive ketones (excluding diaryl/α,β-unsaturated/α-hetero) is 1. The van der Waals surface area contributed by atoms with Gasteiger partial charge in [-0.25, -0.2) is 4.98 Å². The number of allylic oxidation sites excluding steroid dienone is 2. The van der Waals surface area contributed by atoms with Crippen molar-refractivity contribution < 1.29 is 41.0 Å². The van der Waals surface area contributed by atoms with Crippen molar-refractivity contribution in [2.24, 2.45) is 11.8 Å². The molecule has 0 radical (unpaired) electrons. The lowest BCUT2D eigenvalue weighted by molar-refractivity contribution is -0.144. The van der Waals surface area contributed by atoms with Gasteiger partial charge in [-0.3, -0.25) is 4.79 Å². The maximum atomic E-state index is 13.4. The largest absolute Gasteiger partial charge is 0.511 e. The number of halogens is 6. The van der Waals surface area contributed by atoms with Gasteiger partial charge in [0, 0.05) is 18.0 Å². The molecule has 2 bridgehead atoms. The molecule has 1 aromatic heterocycles. The van der Waals surface area contributed by atoms with E-state index >= 15 is 0 Å². The van der Waals surface area contributed by atoms with Crippen molar-refractivity contribution in [1.29, 1.82) is 0 Å². The first kappa shape index (κ1) is 23.1. The van der Waals surface area contributed by atoms with E-state index in [1.54, 1.807) is 6.07 Å². The second kappa shape index (κ2) is 8.07. The van der Waals surface area contributed by atoms with Gasteiger partial charge in [-0.2, -0.15) is 26.3 Å². The first-order valence-electron chi connectivity index (χ1n) is 10.3. The third-order valence-corrected chi connectivity index (χ3v) is 6.12. The molecular formula is C23H19F6NO3. The zero-order chi connectivity index (χ0) is 24.1. The Morgan fingerprint density at radius 2 is 1.76 bits per heavy atom. The second-order valence-electron chi connectivity index (χ2n) is 8.18. The maximum Gasteiger partial charge on any atom is 0.421 e. The predicted molar refractivity (Wildman–Crippen MR) is 106 cm³/mol. The Hall–Kier alpha value is -3.04. The summed E-state index contributed by atoms with van der Waals surface area (Å²) in [7, 11) is 0. The smallest absolute Gasteiger partial charge is 0.421 e. The van der Waals surface area contributed by atoms with Crippen LogP contribution in [0.25, 0.3) is 5.57 Å². The molecule has 0 aliphatic heterocycles. The quantitative estimate of drug-likeness (QED) is 0.502. The summed E-state index contributed by atoms with van der Waals surface area (Å²) < 4.78 is 84.2. The number of alkyl halides is 6. The summed E-state index contributed by atoms with van der Waals surface area (Å²) in [5.41, 5.74) is -2.08. The summed E-state index contributed by atoms with van der Waals surface area (Å²) in [6.45, 7) is 1.82. The number of pyridine rings is 1. The molecule has 33 heavy (non-hydrogen) atoms. The van der Waals surface area contributed by atoms with Crippen LogP contribution in [0.15, 0.2) is 36.2 Å². The highest BCUT2D eigenvalue weighted by molar-refractivity contribution is 6.23. The van der Waals surface area contributed by atoms with Gasteiger partial charge in [-0.1, -0.05) is 13.0 Å². The zero-order valence-electron chi connectivity index (χ0n) is 17.3. The molecule has 0 amide bonds. The van der Waals surface area contributed by atoms with Gasteiger partial charge in [0.2, 0.25) is 5.88 Å². The molecule has 1 N–H and O–H groups in total. The highest BCUT2D eigenvalue weighted by Crippen LogP contribution is 2.47. The SMILES string of the molecule is CCc1ccc(Oc2ncc(C(F)(F)F)cc2C(F)(F)F)cc1C1=C(O)[C@@H]2CC[C@@H](C2)C1=O. The van der Waals surface area contributed by atoms with E-state index in [4.69, 9.17) is 4.74 Å². The van der Waals surface area contributed by atoms with E-state index in [0.717, 1.165) is 0 Å². The van der Waals surface area contributed by atoms with Gasteiger partial charge in [0.05, 0.1) is 11.1 Å². The molecule has 0 unspecified atom stereocenters. The summed E-state index contributed by atoms with van der Waals surface area (Å²) in [5.74, 6) is -1.82. The average Bonchev–Trinajstić information content (AvgIpc) is 3.19. The molecule has 0 saturated heterocycles. The van der Waals surface area contributed by atoms with Crippen LogP contribution >= 0.6 is 0 Å². The normalized spacial score (nSPS) is 21.0. The molecule has 1 saturated carbocycles. The summed E-state index contributed by atoms with van der Waals surface area (Å²) >= 11 is 0. The van der Waals surface area contributed by atoms with Crippen molar-refractivity contribution in [3.05, 3.63) is 58.5 Å². The second-order valence-corrected chi connectivity index (χ2v) is 8.18. The van der Waals surface area contributed by atoms with E-state index in [1.165, 1.54) is 12.1 Å². The summed E-state index contributed by atoms with van der Waals surface area (Å²) in [6, 6.07) is 4.17. The Balaban J connectivity index is 1.77. The van der Waals surface area contributed by atoms with Gasteiger partial charge in [-0.15, -0.1) is 0 Å². The molecule has 2 atom stereocenters. The molecule has 1 fully saturated rings. The third kappa shape index (κ3) is 4.30. The topological polar surface area (TPSA) is 59.4 Å². The fourth-order valence-corrected chi connectivity index (χ4v) is 4.44. The number of rotatable bonds is 4. The lowest BCUT2D eigenvalue weighted by atomic mass is 9.81. The molecule has 2 aliphatic carbocycles. The molecule has 1 aromatic carbocycles. The van der Waals surface area contributed by atoms with Gasteiger partial charge < -0.3 is 9.84 Å². The summed E-state index contributed by atoms with van der Waals surface area (Å²) in [5, 5.41) is 10.7. The first-order valence-corrected chi connectivity index (χ1v) is 10.3. The minimum atomic E-state index is -5.14. The van der Waals surface area contributed by atoms with Crippen LogP contribution in [-0.4, -0.2) is 15.9 Å². The molecule has 0 spiro atoms. The number of aromatic nitrogens is 1. The highest BCUT2D eigenvalue weighted by Gasteiger charge is 2.42. The Bertz CT molecular complexity index is 1140. The maximum absolute atomic E-state index is 13.4. The van der Waals surface area contributed by atoms with Crippen LogP contribution in [0.1, 0.15) is 48.4 Å². The predicted octanol–water partition coefficient (Wildman–Crippen LogP) is 6.74. The van der Waals surface area contributed by atoms with Crippen LogP contribution in [-0.2, 0) is 23.6 Å². The standard InChI is InChI=1S/C23H19F6NO3/c1-2-11-5-6-15(9-16(11)18-19(31)12-3-4-13(7-12)20(18)32)33-21-17(23(27,28)29)8-14(10-30-21)22(24,25)26/h5-6,8-10,12-13,31H,2-4,7H2,1H3/t12-,13+/m1/s1. The van der Waals surface area contributed by atoms with Crippen molar-refractivity contribution in [3.63, 3.8) is 0 Å². The van der Waals surface area contributed by atoms with Gasteiger partial charge in [0.1, 0.15) is 17.1 Å². The molecular weight excluding hydrogens is 452 g/mol. The lowest BCUT2D eigenvalue weighted by Gasteiger charge is -2.23. The average molecular weight is 471 g/mol. The van der Waals surface area contributed by atoms with E-state index in [2.05, 4.69) is 4.98 Å². The minimum Gasteiger partial charge on any atom is -0.511 e. The van der Waals surface area contributed by atoms with Crippen LogP contribution in [0.2, 0.25) is 0 Å². The van der Waals surface area contributed by atoms with Crippen molar-refractivity contribution in [1.82, 2.24) is 4.98 Å². The third-order valence-electron chi connectivity index (χ3n) is 6.12. The van der Waals surface area contributed by atoms with E-state index in [-0.39, 0.29) is 47.0 Å². The van der Waals surface area contributed by atoms with E-state index < -0.39 is 29.4 Å². The molecule has 176 valence electrons. The molecule has 4 nitrogen and oxygen atoms in total. The number of benzene rings is 1. The summed E-state index contributed by atoms with van der Waals surface area (Å²) in [6.07, 6.45) is -7.52. The number of hydrogen-bond acceptors (Lipinski definition) is 4. The molecule has 2 aromatic rings. The van der Waals surface area contributed by atoms with E-state index in [9.17, 15) is 36.2 Å². The molecule has 4 rings (SSSR count). The number of ether oxygens (including phenoxy) is 1. The van der Waals surface area contributed by atoms with E-state index in [0.29, 0.717) is 36.8 Å². The van der Waals surface area contributed by atoms with Crippen LogP contribution in [0.3, 0.4) is 0 Å². The Morgan fingerprint density at radius 1 is 1.06 bits per heavy atom. The molecule has 1 heterocycles. The number of ketones is 1. The van der Waals surface area contributed by atoms with E-state index in [1.807, 2.05) is 6.92 Å². The number of hydrogen-bond donors (Lipinski definition) is 1. The lowest BCUT2D eigenvalue weighted by Crippen LogP contribution is -2.22. The Labute approximate surface area is 184 Å².